The van der Waals surface area contributed by atoms with E-state index in [0.717, 1.165) is 12.6 Å². The summed E-state index contributed by atoms with van der Waals surface area (Å²) in [5.41, 5.74) is 0.144. The van der Waals surface area contributed by atoms with Gasteiger partial charge in [0.15, 0.2) is 5.82 Å². The molecule has 2 rings (SSSR count). The van der Waals surface area contributed by atoms with Gasteiger partial charge in [0, 0.05) is 12.8 Å². The Kier molecular flexibility index (Phi) is 2.91. The fourth-order valence-electron chi connectivity index (χ4n) is 1.47. The highest BCUT2D eigenvalue weighted by Gasteiger charge is 2.24. The molecular formula is C10H11FN2O2. The number of carbonyl (C=O) groups is 1. The normalized spacial score (nSPS) is 20.2. The predicted octanol–water partition coefficient (Wildman–Crippen LogP) is 1.34. The lowest BCUT2D eigenvalue weighted by molar-refractivity contribution is -0.124. The predicted molar refractivity (Wildman–Crippen MR) is 51.8 cm³/mol. The van der Waals surface area contributed by atoms with Crippen molar-refractivity contribution >= 4 is 11.6 Å². The van der Waals surface area contributed by atoms with E-state index in [1.807, 2.05) is 0 Å². The molecule has 0 radical (unpaired) electrons. The molecule has 5 heteroatoms. The number of nitrogens with one attached hydrogen (secondary N) is 1. The number of hydrogen-bond acceptors (Lipinski definition) is 3. The van der Waals surface area contributed by atoms with Gasteiger partial charge in [-0.15, -0.1) is 0 Å². The molecule has 0 aliphatic carbocycles. The van der Waals surface area contributed by atoms with E-state index in [9.17, 15) is 9.18 Å². The molecule has 1 aliphatic rings. The van der Waals surface area contributed by atoms with Crippen LogP contribution in [0.2, 0.25) is 0 Å². The number of ether oxygens (including phenoxy) is 1. The van der Waals surface area contributed by atoms with Crippen molar-refractivity contribution in [2.45, 2.75) is 18.9 Å². The molecule has 1 atom stereocenters. The van der Waals surface area contributed by atoms with Crippen molar-refractivity contribution in [1.82, 2.24) is 4.98 Å². The quantitative estimate of drug-likeness (QED) is 0.801. The van der Waals surface area contributed by atoms with Crippen molar-refractivity contribution in [3.63, 3.8) is 0 Å². The summed E-state index contributed by atoms with van der Waals surface area (Å²) < 4.78 is 18.3. The standard InChI is InChI=1S/C10H11FN2O2/c11-7-6-12-4-3-8(7)13-10(14)9-2-1-5-15-9/h3-4,6,9H,1-2,5H2,(H,12,13,14). The Balaban J connectivity index is 2.02. The van der Waals surface area contributed by atoms with Crippen molar-refractivity contribution in [2.24, 2.45) is 0 Å². The molecule has 0 aromatic carbocycles. The van der Waals surface area contributed by atoms with Crippen LogP contribution in [0.5, 0.6) is 0 Å². The molecule has 0 bridgehead atoms. The number of aromatic nitrogens is 1. The highest BCUT2D eigenvalue weighted by Crippen LogP contribution is 2.16. The Morgan fingerprint density at radius 1 is 1.67 bits per heavy atom. The van der Waals surface area contributed by atoms with E-state index >= 15 is 0 Å². The van der Waals surface area contributed by atoms with Gasteiger partial charge < -0.3 is 10.1 Å². The zero-order valence-corrected chi connectivity index (χ0v) is 8.07. The van der Waals surface area contributed by atoms with Gasteiger partial charge in [-0.3, -0.25) is 9.78 Å². The van der Waals surface area contributed by atoms with Gasteiger partial charge in [0.05, 0.1) is 11.9 Å². The smallest absolute Gasteiger partial charge is 0.253 e. The second kappa shape index (κ2) is 4.35. The summed E-state index contributed by atoms with van der Waals surface area (Å²) in [6, 6.07) is 1.42. The Hall–Kier alpha value is -1.49. The first-order chi connectivity index (χ1) is 7.27. The molecule has 1 aromatic rings. The Bertz CT molecular complexity index is 364. The third kappa shape index (κ3) is 2.30. The van der Waals surface area contributed by atoms with Gasteiger partial charge in [-0.25, -0.2) is 4.39 Å². The Labute approximate surface area is 86.5 Å². The van der Waals surface area contributed by atoms with Crippen LogP contribution in [0.4, 0.5) is 10.1 Å². The van der Waals surface area contributed by atoms with E-state index in [0.29, 0.717) is 13.0 Å². The summed E-state index contributed by atoms with van der Waals surface area (Å²) >= 11 is 0. The van der Waals surface area contributed by atoms with Gasteiger partial charge >= 0.3 is 0 Å². The monoisotopic (exact) mass is 210 g/mol. The molecule has 15 heavy (non-hydrogen) atoms. The lowest BCUT2D eigenvalue weighted by Crippen LogP contribution is -2.27. The summed E-state index contributed by atoms with van der Waals surface area (Å²) in [6.45, 7) is 0.594. The summed E-state index contributed by atoms with van der Waals surface area (Å²) in [5.74, 6) is -0.832. The van der Waals surface area contributed by atoms with Gasteiger partial charge in [-0.2, -0.15) is 0 Å². The second-order valence-corrected chi connectivity index (χ2v) is 3.35. The molecule has 1 amide bonds. The minimum Gasteiger partial charge on any atom is -0.368 e. The summed E-state index contributed by atoms with van der Waals surface area (Å²) in [7, 11) is 0. The summed E-state index contributed by atoms with van der Waals surface area (Å²) in [5, 5.41) is 2.47. The second-order valence-electron chi connectivity index (χ2n) is 3.35. The molecule has 80 valence electrons. The minimum absolute atomic E-state index is 0.144. The maximum atomic E-state index is 13.1. The number of anilines is 1. The zero-order valence-electron chi connectivity index (χ0n) is 8.07. The maximum absolute atomic E-state index is 13.1. The number of nitrogens with zero attached hydrogens (tertiary/aromatic N) is 1. The highest BCUT2D eigenvalue weighted by molar-refractivity contribution is 5.94. The average molecular weight is 210 g/mol. The number of rotatable bonds is 2. The van der Waals surface area contributed by atoms with Crippen LogP contribution in [-0.4, -0.2) is 23.6 Å². The molecular weight excluding hydrogens is 199 g/mol. The van der Waals surface area contributed by atoms with E-state index < -0.39 is 11.9 Å². The van der Waals surface area contributed by atoms with Gasteiger partial charge in [-0.05, 0) is 18.9 Å². The van der Waals surface area contributed by atoms with Crippen LogP contribution in [0.3, 0.4) is 0 Å². The van der Waals surface area contributed by atoms with Crippen molar-refractivity contribution in [3.8, 4) is 0 Å². The molecule has 1 unspecified atom stereocenters. The zero-order chi connectivity index (χ0) is 10.7. The average Bonchev–Trinajstić information content (AvgIpc) is 2.74. The fourth-order valence-corrected chi connectivity index (χ4v) is 1.47. The van der Waals surface area contributed by atoms with Crippen molar-refractivity contribution in [3.05, 3.63) is 24.3 Å². The van der Waals surface area contributed by atoms with Gasteiger partial charge in [0.25, 0.3) is 5.91 Å². The van der Waals surface area contributed by atoms with Crippen LogP contribution >= 0.6 is 0 Å². The summed E-state index contributed by atoms with van der Waals surface area (Å²) in [4.78, 5) is 15.1. The molecule has 1 N–H and O–H groups in total. The van der Waals surface area contributed by atoms with Crippen LogP contribution in [0, 0.1) is 5.82 Å². The third-order valence-electron chi connectivity index (χ3n) is 2.25. The Morgan fingerprint density at radius 3 is 3.20 bits per heavy atom. The number of hydrogen-bond donors (Lipinski definition) is 1. The Morgan fingerprint density at radius 2 is 2.53 bits per heavy atom. The maximum Gasteiger partial charge on any atom is 0.253 e. The molecule has 0 spiro atoms. The van der Waals surface area contributed by atoms with Gasteiger partial charge in [0.2, 0.25) is 0 Å². The lowest BCUT2D eigenvalue weighted by atomic mass is 10.2. The van der Waals surface area contributed by atoms with Crippen molar-refractivity contribution in [1.29, 1.82) is 0 Å². The van der Waals surface area contributed by atoms with Crippen molar-refractivity contribution < 1.29 is 13.9 Å². The largest absolute Gasteiger partial charge is 0.368 e. The number of pyridine rings is 1. The molecule has 1 fully saturated rings. The number of halogens is 1. The van der Waals surface area contributed by atoms with Crippen LogP contribution in [0.15, 0.2) is 18.5 Å². The van der Waals surface area contributed by atoms with Crippen LogP contribution in [0.1, 0.15) is 12.8 Å². The minimum atomic E-state index is -0.538. The fraction of sp³-hybridized carbons (Fsp3) is 0.400. The third-order valence-corrected chi connectivity index (χ3v) is 2.25. The van der Waals surface area contributed by atoms with E-state index in [-0.39, 0.29) is 11.6 Å². The van der Waals surface area contributed by atoms with Crippen molar-refractivity contribution in [2.75, 3.05) is 11.9 Å². The molecule has 0 saturated carbocycles. The van der Waals surface area contributed by atoms with E-state index in [2.05, 4.69) is 10.3 Å². The van der Waals surface area contributed by atoms with E-state index in [4.69, 9.17) is 4.74 Å². The number of amides is 1. The molecule has 2 heterocycles. The lowest BCUT2D eigenvalue weighted by Gasteiger charge is -2.10. The van der Waals surface area contributed by atoms with E-state index in [1.54, 1.807) is 0 Å². The molecule has 4 nitrogen and oxygen atoms in total. The topological polar surface area (TPSA) is 51.2 Å². The molecule has 1 saturated heterocycles. The SMILES string of the molecule is O=C(Nc1ccncc1F)C1CCCO1. The molecule has 1 aliphatic heterocycles. The first kappa shape index (κ1) is 10.0. The first-order valence-electron chi connectivity index (χ1n) is 4.79. The van der Waals surface area contributed by atoms with Crippen LogP contribution in [-0.2, 0) is 9.53 Å². The highest BCUT2D eigenvalue weighted by atomic mass is 19.1. The molecule has 1 aromatic heterocycles. The first-order valence-corrected chi connectivity index (χ1v) is 4.79. The van der Waals surface area contributed by atoms with Gasteiger partial charge in [0.1, 0.15) is 6.10 Å². The van der Waals surface area contributed by atoms with E-state index in [1.165, 1.54) is 12.3 Å². The van der Waals surface area contributed by atoms with Crippen LogP contribution in [0.25, 0.3) is 0 Å². The number of carbonyl (C=O) groups excluding carboxylic acids is 1. The summed E-state index contributed by atoms with van der Waals surface area (Å²) in [6.07, 6.45) is 3.60. The van der Waals surface area contributed by atoms with Gasteiger partial charge in [-0.1, -0.05) is 0 Å². The van der Waals surface area contributed by atoms with Crippen LogP contribution < -0.4 is 5.32 Å².